The largest absolute Gasteiger partial charge is 0.490 e. The number of carbonyl (C=O) groups excluding carboxylic acids is 1. The number of hydrogen-bond acceptors (Lipinski definition) is 4. The number of carbonyl (C=O) groups is 1. The Kier molecular flexibility index (Phi) is 4.17. The minimum atomic E-state index is -0.321. The predicted octanol–water partition coefficient (Wildman–Crippen LogP) is 1.50. The van der Waals surface area contributed by atoms with Crippen LogP contribution in [0.5, 0.6) is 5.75 Å². The molecule has 0 fully saturated rings. The molecule has 0 unspecified atom stereocenters. The molecule has 0 aromatic heterocycles. The average molecular weight is 205 g/mol. The minimum absolute atomic E-state index is 0.231. The summed E-state index contributed by atoms with van der Waals surface area (Å²) in [7, 11) is 0. The molecule has 0 spiro atoms. The Morgan fingerprint density at radius 1 is 1.33 bits per heavy atom. The monoisotopic (exact) mass is 205 g/mol. The maximum absolute atomic E-state index is 10.4. The molecule has 0 radical (unpaired) electrons. The highest BCUT2D eigenvalue weighted by Crippen LogP contribution is 2.11. The van der Waals surface area contributed by atoms with Gasteiger partial charge in [0.15, 0.2) is 0 Å². The lowest BCUT2D eigenvalue weighted by Gasteiger charge is -2.05. The Morgan fingerprint density at radius 2 is 2.00 bits per heavy atom. The summed E-state index contributed by atoms with van der Waals surface area (Å²) >= 11 is 0. The minimum Gasteiger partial charge on any atom is -0.490 e. The Bertz CT molecular complexity index is 364. The van der Waals surface area contributed by atoms with Crippen molar-refractivity contribution >= 4 is 5.97 Å². The SMILES string of the molecule is CC(=O)OCCOc1ccc(C#N)cc1. The molecule has 4 nitrogen and oxygen atoms in total. The first-order valence-corrected chi connectivity index (χ1v) is 4.48. The van der Waals surface area contributed by atoms with E-state index in [0.717, 1.165) is 0 Å². The van der Waals surface area contributed by atoms with Crippen molar-refractivity contribution in [1.29, 1.82) is 5.26 Å². The highest BCUT2D eigenvalue weighted by atomic mass is 16.6. The smallest absolute Gasteiger partial charge is 0.302 e. The molecule has 78 valence electrons. The van der Waals surface area contributed by atoms with Crippen molar-refractivity contribution in [2.24, 2.45) is 0 Å². The lowest BCUT2D eigenvalue weighted by atomic mass is 10.2. The number of rotatable bonds is 4. The van der Waals surface area contributed by atoms with Crippen LogP contribution in [0, 0.1) is 11.3 Å². The molecule has 0 saturated carbocycles. The predicted molar refractivity (Wildman–Crippen MR) is 53.3 cm³/mol. The van der Waals surface area contributed by atoms with Gasteiger partial charge >= 0.3 is 5.97 Å². The van der Waals surface area contributed by atoms with Crippen LogP contribution in [0.4, 0.5) is 0 Å². The summed E-state index contributed by atoms with van der Waals surface area (Å²) in [5.41, 5.74) is 0.585. The number of esters is 1. The highest BCUT2D eigenvalue weighted by molar-refractivity contribution is 5.65. The molecule has 1 aromatic rings. The fourth-order valence-electron chi connectivity index (χ4n) is 0.971. The van der Waals surface area contributed by atoms with E-state index < -0.39 is 0 Å². The summed E-state index contributed by atoms with van der Waals surface area (Å²) in [6, 6.07) is 8.75. The van der Waals surface area contributed by atoms with Crippen LogP contribution in [0.3, 0.4) is 0 Å². The van der Waals surface area contributed by atoms with Crippen molar-refractivity contribution < 1.29 is 14.3 Å². The summed E-state index contributed by atoms with van der Waals surface area (Å²) in [5, 5.41) is 8.56. The van der Waals surface area contributed by atoms with Gasteiger partial charge in [-0.05, 0) is 24.3 Å². The van der Waals surface area contributed by atoms with Crippen LogP contribution in [0.2, 0.25) is 0 Å². The number of benzene rings is 1. The van der Waals surface area contributed by atoms with Crippen LogP contribution >= 0.6 is 0 Å². The van der Waals surface area contributed by atoms with Gasteiger partial charge in [0.25, 0.3) is 0 Å². The van der Waals surface area contributed by atoms with E-state index in [-0.39, 0.29) is 12.6 Å². The number of nitrogens with zero attached hydrogens (tertiary/aromatic N) is 1. The second kappa shape index (κ2) is 5.66. The van der Waals surface area contributed by atoms with Crippen molar-refractivity contribution in [3.63, 3.8) is 0 Å². The van der Waals surface area contributed by atoms with Crippen LogP contribution in [0.1, 0.15) is 12.5 Å². The van der Waals surface area contributed by atoms with Gasteiger partial charge in [-0.25, -0.2) is 0 Å². The van der Waals surface area contributed by atoms with Gasteiger partial charge < -0.3 is 9.47 Å². The third-order valence-electron chi connectivity index (χ3n) is 1.64. The van der Waals surface area contributed by atoms with Gasteiger partial charge in [-0.15, -0.1) is 0 Å². The lowest BCUT2D eigenvalue weighted by molar-refractivity contribution is -0.141. The van der Waals surface area contributed by atoms with Gasteiger partial charge in [0.1, 0.15) is 19.0 Å². The Morgan fingerprint density at radius 3 is 2.53 bits per heavy atom. The van der Waals surface area contributed by atoms with Crippen molar-refractivity contribution in [2.45, 2.75) is 6.92 Å². The first-order chi connectivity index (χ1) is 7.22. The Balaban J connectivity index is 2.32. The Hall–Kier alpha value is -2.02. The van der Waals surface area contributed by atoms with Gasteiger partial charge in [-0.1, -0.05) is 0 Å². The van der Waals surface area contributed by atoms with Crippen LogP contribution in [-0.2, 0) is 9.53 Å². The molecule has 0 aliphatic rings. The zero-order valence-corrected chi connectivity index (χ0v) is 8.40. The average Bonchev–Trinajstić information content (AvgIpc) is 2.25. The fraction of sp³-hybridized carbons (Fsp3) is 0.273. The maximum atomic E-state index is 10.4. The summed E-state index contributed by atoms with van der Waals surface area (Å²) in [4.78, 5) is 10.4. The summed E-state index contributed by atoms with van der Waals surface area (Å²) in [6.45, 7) is 1.89. The van der Waals surface area contributed by atoms with E-state index in [4.69, 9.17) is 14.7 Å². The second-order valence-corrected chi connectivity index (χ2v) is 2.82. The normalized spacial score (nSPS) is 9.07. The van der Waals surface area contributed by atoms with Crippen LogP contribution in [-0.4, -0.2) is 19.2 Å². The third kappa shape index (κ3) is 4.14. The molecular weight excluding hydrogens is 194 g/mol. The van der Waals surface area contributed by atoms with Gasteiger partial charge in [0.2, 0.25) is 0 Å². The van der Waals surface area contributed by atoms with E-state index in [2.05, 4.69) is 0 Å². The standard InChI is InChI=1S/C11H11NO3/c1-9(13)14-6-7-15-11-4-2-10(8-12)3-5-11/h2-5H,6-7H2,1H3. The van der Waals surface area contributed by atoms with E-state index in [0.29, 0.717) is 17.9 Å². The highest BCUT2D eigenvalue weighted by Gasteiger charge is 1.96. The van der Waals surface area contributed by atoms with Gasteiger partial charge in [0, 0.05) is 6.92 Å². The molecule has 0 aliphatic heterocycles. The zero-order chi connectivity index (χ0) is 11.1. The van der Waals surface area contributed by atoms with E-state index in [9.17, 15) is 4.79 Å². The molecule has 0 N–H and O–H groups in total. The third-order valence-corrected chi connectivity index (χ3v) is 1.64. The molecule has 0 atom stereocenters. The molecule has 15 heavy (non-hydrogen) atoms. The number of hydrogen-bond donors (Lipinski definition) is 0. The van der Waals surface area contributed by atoms with E-state index in [1.807, 2.05) is 6.07 Å². The van der Waals surface area contributed by atoms with E-state index in [1.165, 1.54) is 6.92 Å². The first-order valence-electron chi connectivity index (χ1n) is 4.48. The second-order valence-electron chi connectivity index (χ2n) is 2.82. The number of nitriles is 1. The molecule has 0 bridgehead atoms. The molecule has 1 aromatic carbocycles. The lowest BCUT2D eigenvalue weighted by Crippen LogP contribution is -2.09. The van der Waals surface area contributed by atoms with Crippen molar-refractivity contribution in [2.75, 3.05) is 13.2 Å². The fourth-order valence-corrected chi connectivity index (χ4v) is 0.971. The number of ether oxygens (including phenoxy) is 2. The van der Waals surface area contributed by atoms with Gasteiger partial charge in [-0.2, -0.15) is 5.26 Å². The molecular formula is C11H11NO3. The molecule has 0 saturated heterocycles. The summed E-state index contributed by atoms with van der Waals surface area (Å²) < 4.78 is 9.96. The zero-order valence-electron chi connectivity index (χ0n) is 8.40. The van der Waals surface area contributed by atoms with Gasteiger partial charge in [-0.3, -0.25) is 4.79 Å². The van der Waals surface area contributed by atoms with Crippen molar-refractivity contribution in [3.05, 3.63) is 29.8 Å². The van der Waals surface area contributed by atoms with Crippen molar-refractivity contribution in [3.8, 4) is 11.8 Å². The maximum Gasteiger partial charge on any atom is 0.302 e. The topological polar surface area (TPSA) is 59.3 Å². The summed E-state index contributed by atoms with van der Waals surface area (Å²) in [5.74, 6) is 0.333. The van der Waals surface area contributed by atoms with E-state index in [1.54, 1.807) is 24.3 Å². The van der Waals surface area contributed by atoms with Crippen LogP contribution in [0.25, 0.3) is 0 Å². The Labute approximate surface area is 88.0 Å². The summed E-state index contributed by atoms with van der Waals surface area (Å²) in [6.07, 6.45) is 0. The van der Waals surface area contributed by atoms with Crippen LogP contribution in [0.15, 0.2) is 24.3 Å². The molecule has 1 rings (SSSR count). The van der Waals surface area contributed by atoms with Gasteiger partial charge in [0.05, 0.1) is 11.6 Å². The first kappa shape index (κ1) is 11.1. The molecule has 0 aliphatic carbocycles. The van der Waals surface area contributed by atoms with Crippen LogP contribution < -0.4 is 4.74 Å². The quantitative estimate of drug-likeness (QED) is 0.552. The van der Waals surface area contributed by atoms with Crippen molar-refractivity contribution in [1.82, 2.24) is 0 Å². The molecule has 0 heterocycles. The molecule has 0 amide bonds. The molecule has 4 heteroatoms. The van der Waals surface area contributed by atoms with E-state index >= 15 is 0 Å².